The second-order valence-corrected chi connectivity index (χ2v) is 8.55. The van der Waals surface area contributed by atoms with Crippen molar-refractivity contribution in [3.05, 3.63) is 88.7 Å². The normalized spacial score (nSPS) is 14.0. The molecule has 4 nitrogen and oxygen atoms in total. The molecule has 5 rings (SSSR count). The summed E-state index contributed by atoms with van der Waals surface area (Å²) in [5.74, 6) is 0.822. The summed E-state index contributed by atoms with van der Waals surface area (Å²) in [5.41, 5.74) is 5.99. The Hall–Kier alpha value is -2.89. The number of aromatic nitrogens is 3. The fraction of sp³-hybridized carbons (Fsp3) is 0.208. The molecule has 3 heterocycles. The van der Waals surface area contributed by atoms with Crippen molar-refractivity contribution in [2.45, 2.75) is 26.4 Å². The van der Waals surface area contributed by atoms with E-state index in [0.717, 1.165) is 42.5 Å². The van der Waals surface area contributed by atoms with Gasteiger partial charge in [0.15, 0.2) is 5.82 Å². The topological polar surface area (TPSA) is 41.9 Å². The van der Waals surface area contributed by atoms with Crippen molar-refractivity contribution in [2.75, 3.05) is 6.54 Å². The number of hydrogen-bond acceptors (Lipinski definition) is 5. The molecule has 2 aromatic heterocycles. The highest BCUT2D eigenvalue weighted by Crippen LogP contribution is 2.29. The van der Waals surface area contributed by atoms with Gasteiger partial charge in [0.2, 0.25) is 0 Å². The van der Waals surface area contributed by atoms with Crippen LogP contribution in [0, 0.1) is 6.92 Å². The van der Waals surface area contributed by atoms with Gasteiger partial charge in [-0.15, -0.1) is 11.3 Å². The van der Waals surface area contributed by atoms with Gasteiger partial charge in [0.05, 0.1) is 5.69 Å². The standard InChI is InChI=1S/C24H22N4S/c1-17-7-5-6-10-21(17)24-26-14-20(29-24)16-28-12-11-22-19(15-28)13-25-23(27-22)18-8-3-2-4-9-18/h2-10,13-14H,11-12,15-16H2,1H3. The van der Waals surface area contributed by atoms with E-state index in [-0.39, 0.29) is 0 Å². The van der Waals surface area contributed by atoms with Gasteiger partial charge >= 0.3 is 0 Å². The third-order valence-electron chi connectivity index (χ3n) is 5.35. The van der Waals surface area contributed by atoms with Gasteiger partial charge in [-0.25, -0.2) is 15.0 Å². The average molecular weight is 399 g/mol. The number of hydrogen-bond donors (Lipinski definition) is 0. The average Bonchev–Trinajstić information content (AvgIpc) is 3.22. The molecule has 144 valence electrons. The van der Waals surface area contributed by atoms with Crippen LogP contribution in [0.1, 0.15) is 21.7 Å². The third-order valence-corrected chi connectivity index (χ3v) is 6.37. The van der Waals surface area contributed by atoms with Gasteiger partial charge in [-0.3, -0.25) is 4.90 Å². The molecule has 0 saturated heterocycles. The van der Waals surface area contributed by atoms with Crippen LogP contribution in [0.4, 0.5) is 0 Å². The van der Waals surface area contributed by atoms with E-state index >= 15 is 0 Å². The summed E-state index contributed by atoms with van der Waals surface area (Å²) >= 11 is 1.79. The lowest BCUT2D eigenvalue weighted by Gasteiger charge is -2.27. The predicted molar refractivity (Wildman–Crippen MR) is 118 cm³/mol. The third kappa shape index (κ3) is 3.84. The predicted octanol–water partition coefficient (Wildman–Crippen LogP) is 5.13. The van der Waals surface area contributed by atoms with Gasteiger partial charge in [-0.1, -0.05) is 54.6 Å². The van der Waals surface area contributed by atoms with Gasteiger partial charge in [0.1, 0.15) is 5.01 Å². The van der Waals surface area contributed by atoms with Crippen molar-refractivity contribution in [1.29, 1.82) is 0 Å². The fourth-order valence-corrected chi connectivity index (χ4v) is 4.82. The van der Waals surface area contributed by atoms with Crippen LogP contribution in [-0.2, 0) is 19.5 Å². The first-order valence-corrected chi connectivity index (χ1v) is 10.7. The van der Waals surface area contributed by atoms with Crippen LogP contribution in [0.5, 0.6) is 0 Å². The maximum Gasteiger partial charge on any atom is 0.159 e. The van der Waals surface area contributed by atoms with Gasteiger partial charge < -0.3 is 0 Å². The largest absolute Gasteiger partial charge is 0.293 e. The Bertz CT molecular complexity index is 1140. The summed E-state index contributed by atoms with van der Waals surface area (Å²) in [5, 5.41) is 1.10. The lowest BCUT2D eigenvalue weighted by molar-refractivity contribution is 0.245. The molecule has 5 heteroatoms. The van der Waals surface area contributed by atoms with Crippen molar-refractivity contribution in [1.82, 2.24) is 19.9 Å². The minimum absolute atomic E-state index is 0.822. The van der Waals surface area contributed by atoms with Gasteiger partial charge in [-0.2, -0.15) is 0 Å². The first kappa shape index (κ1) is 18.2. The Kier molecular flexibility index (Phi) is 4.92. The molecule has 2 aromatic carbocycles. The summed E-state index contributed by atoms with van der Waals surface area (Å²) in [6, 6.07) is 18.6. The molecule has 0 unspecified atom stereocenters. The molecule has 0 amide bonds. The van der Waals surface area contributed by atoms with Crippen LogP contribution in [-0.4, -0.2) is 26.4 Å². The second kappa shape index (κ2) is 7.85. The number of nitrogens with zero attached hydrogens (tertiary/aromatic N) is 4. The molecule has 4 aromatic rings. The van der Waals surface area contributed by atoms with E-state index in [9.17, 15) is 0 Å². The summed E-state index contributed by atoms with van der Waals surface area (Å²) in [6.07, 6.45) is 4.99. The quantitative estimate of drug-likeness (QED) is 0.478. The summed E-state index contributed by atoms with van der Waals surface area (Å²) < 4.78 is 0. The van der Waals surface area contributed by atoms with Crippen molar-refractivity contribution >= 4 is 11.3 Å². The zero-order valence-electron chi connectivity index (χ0n) is 16.4. The van der Waals surface area contributed by atoms with Gasteiger partial charge in [-0.05, 0) is 12.5 Å². The number of rotatable bonds is 4. The molecule has 1 aliphatic rings. The summed E-state index contributed by atoms with van der Waals surface area (Å²) in [6.45, 7) is 4.96. The first-order chi connectivity index (χ1) is 14.3. The van der Waals surface area contributed by atoms with E-state index in [2.05, 4.69) is 58.2 Å². The van der Waals surface area contributed by atoms with Crippen molar-refractivity contribution < 1.29 is 0 Å². The van der Waals surface area contributed by atoms with Crippen molar-refractivity contribution in [3.8, 4) is 22.0 Å². The van der Waals surface area contributed by atoms with Crippen LogP contribution in [0.15, 0.2) is 67.0 Å². The van der Waals surface area contributed by atoms with E-state index in [1.54, 1.807) is 11.3 Å². The van der Waals surface area contributed by atoms with Crippen molar-refractivity contribution in [2.24, 2.45) is 0 Å². The number of thiazole rings is 1. The van der Waals surface area contributed by atoms with E-state index in [4.69, 9.17) is 4.98 Å². The Morgan fingerprint density at radius 2 is 1.79 bits per heavy atom. The van der Waals surface area contributed by atoms with E-state index in [0.29, 0.717) is 0 Å². The van der Waals surface area contributed by atoms with Crippen LogP contribution < -0.4 is 0 Å². The molecular weight excluding hydrogens is 376 g/mol. The molecule has 0 bridgehead atoms. The molecule has 1 aliphatic heterocycles. The van der Waals surface area contributed by atoms with Gasteiger partial charge in [0.25, 0.3) is 0 Å². The number of aryl methyl sites for hydroxylation is 1. The first-order valence-electron chi connectivity index (χ1n) is 9.89. The molecule has 29 heavy (non-hydrogen) atoms. The zero-order chi connectivity index (χ0) is 19.6. The van der Waals surface area contributed by atoms with E-state index in [1.807, 2.05) is 30.6 Å². The van der Waals surface area contributed by atoms with E-state index < -0.39 is 0 Å². The molecule has 0 N–H and O–H groups in total. The molecule has 0 radical (unpaired) electrons. The Labute approximate surface area is 174 Å². The Morgan fingerprint density at radius 1 is 0.966 bits per heavy atom. The maximum atomic E-state index is 4.83. The van der Waals surface area contributed by atoms with Crippen LogP contribution in [0.2, 0.25) is 0 Å². The highest BCUT2D eigenvalue weighted by Gasteiger charge is 2.20. The lowest BCUT2D eigenvalue weighted by Crippen LogP contribution is -2.30. The molecule has 0 spiro atoms. The maximum absolute atomic E-state index is 4.83. The van der Waals surface area contributed by atoms with E-state index in [1.165, 1.54) is 27.3 Å². The Morgan fingerprint density at radius 3 is 2.66 bits per heavy atom. The monoisotopic (exact) mass is 398 g/mol. The van der Waals surface area contributed by atoms with Crippen LogP contribution >= 0.6 is 11.3 Å². The Balaban J connectivity index is 1.30. The van der Waals surface area contributed by atoms with Gasteiger partial charge in [0, 0.05) is 60.0 Å². The molecule has 0 fully saturated rings. The molecular formula is C24H22N4S. The molecule has 0 aliphatic carbocycles. The fourth-order valence-electron chi connectivity index (χ4n) is 3.77. The van der Waals surface area contributed by atoms with Crippen molar-refractivity contribution in [3.63, 3.8) is 0 Å². The zero-order valence-corrected chi connectivity index (χ0v) is 17.2. The van der Waals surface area contributed by atoms with Crippen LogP contribution in [0.25, 0.3) is 22.0 Å². The number of benzene rings is 2. The second-order valence-electron chi connectivity index (χ2n) is 7.44. The smallest absolute Gasteiger partial charge is 0.159 e. The highest BCUT2D eigenvalue weighted by atomic mass is 32.1. The number of fused-ring (bicyclic) bond motifs is 1. The summed E-state index contributed by atoms with van der Waals surface area (Å²) in [4.78, 5) is 17.9. The lowest BCUT2D eigenvalue weighted by atomic mass is 10.1. The summed E-state index contributed by atoms with van der Waals surface area (Å²) in [7, 11) is 0. The SMILES string of the molecule is Cc1ccccc1-c1ncc(CN2CCc3nc(-c4ccccc4)ncc3C2)s1. The molecule has 0 atom stereocenters. The van der Waals surface area contributed by atoms with Crippen LogP contribution in [0.3, 0.4) is 0 Å². The highest BCUT2D eigenvalue weighted by molar-refractivity contribution is 7.15. The molecule has 0 saturated carbocycles. The minimum atomic E-state index is 0.822. The minimum Gasteiger partial charge on any atom is -0.293 e.